The van der Waals surface area contributed by atoms with Crippen molar-refractivity contribution < 1.29 is 124 Å². The number of rotatable bonds is 17. The number of aliphatic hydroxyl groups is 1. The van der Waals surface area contributed by atoms with Crippen molar-refractivity contribution in [2.45, 2.75) is 161 Å². The summed E-state index contributed by atoms with van der Waals surface area (Å²) in [5.74, 6) is -9.58. The molecule has 0 spiro atoms. The maximum absolute atomic E-state index is 12.9. The van der Waals surface area contributed by atoms with Crippen LogP contribution >= 0.6 is 0 Å². The van der Waals surface area contributed by atoms with E-state index >= 15 is 0 Å². The Morgan fingerprint density at radius 1 is 0.328 bits per heavy atom. The van der Waals surface area contributed by atoms with Crippen molar-refractivity contribution in [3.63, 3.8) is 0 Å². The number of carbonyl (C=O) groups excluding carboxylic acids is 10. The Kier molecular flexibility index (Phi) is 19.8. The third-order valence-corrected chi connectivity index (χ3v) is 8.84. The summed E-state index contributed by atoms with van der Waals surface area (Å²) < 4.78 is 84.1. The van der Waals surface area contributed by atoms with Crippen LogP contribution in [0.3, 0.4) is 0 Å². The van der Waals surface area contributed by atoms with Crippen LogP contribution in [0.15, 0.2) is 0 Å². The molecule has 3 saturated heterocycles. The van der Waals surface area contributed by atoms with Gasteiger partial charge >= 0.3 is 59.7 Å². The standard InChI is InChI=1S/C38H52O26/c1-14(39)50-11-24-27(53-17(4)42)30(56-20(7)45)33(36(49)60-24)64-38-35(59-23(10)48)32(29(55-19(6)44)26(62-38)13-52-16(3)41)63-37-34(58-22(9)47)31(57-21(8)46)28(54-18(5)43)25(61-37)12-51-15(2)40/h24-38,49H,11-13H2,1-10H3/t24?,25?,26?,27-,28-,29-,30?,31?,32+,33?,34?,35?,36+,37-,38-/m1/s1. The van der Waals surface area contributed by atoms with Gasteiger partial charge in [0.2, 0.25) is 0 Å². The van der Waals surface area contributed by atoms with Crippen LogP contribution < -0.4 is 0 Å². The molecule has 3 heterocycles. The molecule has 0 aliphatic carbocycles. The Balaban J connectivity index is 2.29. The van der Waals surface area contributed by atoms with Gasteiger partial charge in [0.25, 0.3) is 0 Å². The number of aliphatic hydroxyl groups excluding tert-OH is 1. The molecule has 0 aromatic carbocycles. The lowest BCUT2D eigenvalue weighted by molar-refractivity contribution is -0.383. The van der Waals surface area contributed by atoms with Crippen LogP contribution in [0, 0.1) is 0 Å². The fourth-order valence-corrected chi connectivity index (χ4v) is 6.77. The molecule has 15 atom stereocenters. The molecule has 3 aliphatic rings. The number of hydrogen-bond acceptors (Lipinski definition) is 26. The van der Waals surface area contributed by atoms with E-state index in [1.165, 1.54) is 0 Å². The summed E-state index contributed by atoms with van der Waals surface area (Å²) in [7, 11) is 0. The summed E-state index contributed by atoms with van der Waals surface area (Å²) in [5.41, 5.74) is 0. The van der Waals surface area contributed by atoms with Gasteiger partial charge in [-0.15, -0.1) is 0 Å². The zero-order valence-corrected chi connectivity index (χ0v) is 36.4. The van der Waals surface area contributed by atoms with Crippen molar-refractivity contribution in [1.82, 2.24) is 0 Å². The number of carbonyl (C=O) groups is 10. The first-order valence-corrected chi connectivity index (χ1v) is 19.4. The van der Waals surface area contributed by atoms with Crippen molar-refractivity contribution in [1.29, 1.82) is 0 Å². The van der Waals surface area contributed by atoms with E-state index in [0.29, 0.717) is 0 Å². The first-order chi connectivity index (χ1) is 29.9. The largest absolute Gasteiger partial charge is 0.463 e. The van der Waals surface area contributed by atoms with Crippen LogP contribution in [0.1, 0.15) is 69.2 Å². The summed E-state index contributed by atoms with van der Waals surface area (Å²) in [6, 6.07) is 0. The number of ether oxygens (including phenoxy) is 15. The third kappa shape index (κ3) is 15.6. The van der Waals surface area contributed by atoms with Crippen LogP contribution in [0.2, 0.25) is 0 Å². The molecule has 3 rings (SSSR count). The van der Waals surface area contributed by atoms with Crippen molar-refractivity contribution in [3.8, 4) is 0 Å². The molecule has 0 radical (unpaired) electrons. The van der Waals surface area contributed by atoms with Crippen molar-refractivity contribution >= 4 is 59.7 Å². The second kappa shape index (κ2) is 23.9. The van der Waals surface area contributed by atoms with Gasteiger partial charge in [0.15, 0.2) is 67.7 Å². The molecule has 64 heavy (non-hydrogen) atoms. The average Bonchev–Trinajstić information content (AvgIpc) is 3.14. The smallest absolute Gasteiger partial charge is 0.303 e. The van der Waals surface area contributed by atoms with Crippen LogP contribution in [-0.4, -0.2) is 177 Å². The first-order valence-electron chi connectivity index (χ1n) is 19.4. The monoisotopic (exact) mass is 924 g/mol. The minimum atomic E-state index is -2.16. The number of hydrogen-bond donors (Lipinski definition) is 1. The number of esters is 10. The van der Waals surface area contributed by atoms with Gasteiger partial charge in [-0.25, -0.2) is 0 Å². The summed E-state index contributed by atoms with van der Waals surface area (Å²) in [6.45, 7) is 7.73. The second-order valence-corrected chi connectivity index (χ2v) is 14.3. The van der Waals surface area contributed by atoms with Gasteiger partial charge in [-0.2, -0.15) is 0 Å². The van der Waals surface area contributed by atoms with Gasteiger partial charge in [0, 0.05) is 69.2 Å². The lowest BCUT2D eigenvalue weighted by Gasteiger charge is -2.50. The second-order valence-electron chi connectivity index (χ2n) is 14.3. The zero-order chi connectivity index (χ0) is 48.2. The molecule has 0 amide bonds. The molecular weight excluding hydrogens is 872 g/mol. The van der Waals surface area contributed by atoms with Gasteiger partial charge in [0.05, 0.1) is 0 Å². The van der Waals surface area contributed by atoms with Crippen LogP contribution in [0.5, 0.6) is 0 Å². The molecule has 3 aliphatic heterocycles. The van der Waals surface area contributed by atoms with Crippen molar-refractivity contribution in [2.75, 3.05) is 19.8 Å². The van der Waals surface area contributed by atoms with Crippen LogP contribution in [-0.2, 0) is 119 Å². The Morgan fingerprint density at radius 3 is 0.906 bits per heavy atom. The first kappa shape index (κ1) is 52.8. The average molecular weight is 925 g/mol. The van der Waals surface area contributed by atoms with E-state index < -0.39 is 172 Å². The highest BCUT2D eigenvalue weighted by atomic mass is 16.8. The quantitative estimate of drug-likeness (QED) is 0.123. The van der Waals surface area contributed by atoms with Gasteiger partial charge in [-0.3, -0.25) is 47.9 Å². The fraction of sp³-hybridized carbons (Fsp3) is 0.737. The highest BCUT2D eigenvalue weighted by molar-refractivity contribution is 5.70. The van der Waals surface area contributed by atoms with E-state index in [1.54, 1.807) is 0 Å². The Bertz CT molecular complexity index is 1730. The van der Waals surface area contributed by atoms with Gasteiger partial charge < -0.3 is 76.2 Å². The normalized spacial score (nSPS) is 32.3. The van der Waals surface area contributed by atoms with Crippen LogP contribution in [0.4, 0.5) is 0 Å². The Morgan fingerprint density at radius 2 is 0.578 bits per heavy atom. The lowest BCUT2D eigenvalue weighted by atomic mass is 9.95. The Hall–Kier alpha value is -5.54. The SMILES string of the molecule is CC(=O)OCC1O[C@H](O[C@@H]2C(OC(C)=O)[C@@H](OC3C(OC(C)=O)[C@H](OC(C)=O)C(COC(C)=O)O[C@@H]3O)OC(COC(C)=O)[C@H]2OC(C)=O)C(OC(C)=O)C(OC(C)=O)[C@@H]1OC(C)=O. The molecule has 0 aromatic rings. The molecule has 0 aromatic heterocycles. The topological polar surface area (TPSA) is 329 Å². The van der Waals surface area contributed by atoms with Gasteiger partial charge in [0.1, 0.15) is 44.2 Å². The summed E-state index contributed by atoms with van der Waals surface area (Å²) in [6.07, 6.45) is -27.6. The lowest BCUT2D eigenvalue weighted by Crippen LogP contribution is -2.69. The minimum absolute atomic E-state index is 0.634. The van der Waals surface area contributed by atoms with E-state index in [1.807, 2.05) is 0 Å². The van der Waals surface area contributed by atoms with E-state index in [2.05, 4.69) is 0 Å². The summed E-state index contributed by atoms with van der Waals surface area (Å²) in [4.78, 5) is 124. The molecule has 0 saturated carbocycles. The minimum Gasteiger partial charge on any atom is -0.463 e. The Labute approximate surface area is 364 Å². The van der Waals surface area contributed by atoms with E-state index in [4.69, 9.17) is 71.1 Å². The van der Waals surface area contributed by atoms with Crippen LogP contribution in [0.25, 0.3) is 0 Å². The third-order valence-electron chi connectivity index (χ3n) is 8.84. The van der Waals surface area contributed by atoms with E-state index in [-0.39, 0.29) is 0 Å². The molecule has 26 heteroatoms. The maximum Gasteiger partial charge on any atom is 0.303 e. The predicted octanol–water partition coefficient (Wildman–Crippen LogP) is -1.86. The highest BCUT2D eigenvalue weighted by Crippen LogP contribution is 2.38. The predicted molar refractivity (Wildman–Crippen MR) is 197 cm³/mol. The van der Waals surface area contributed by atoms with Gasteiger partial charge in [-0.05, 0) is 0 Å². The molecule has 8 unspecified atom stereocenters. The highest BCUT2D eigenvalue weighted by Gasteiger charge is 2.60. The molecule has 26 nitrogen and oxygen atoms in total. The molecule has 360 valence electrons. The van der Waals surface area contributed by atoms with Gasteiger partial charge in [-0.1, -0.05) is 0 Å². The van der Waals surface area contributed by atoms with E-state index in [0.717, 1.165) is 69.2 Å². The molecule has 1 N–H and O–H groups in total. The fourth-order valence-electron chi connectivity index (χ4n) is 6.77. The van der Waals surface area contributed by atoms with E-state index in [9.17, 15) is 53.1 Å². The van der Waals surface area contributed by atoms with Crippen molar-refractivity contribution in [2.24, 2.45) is 0 Å². The summed E-state index contributed by atoms with van der Waals surface area (Å²) >= 11 is 0. The van der Waals surface area contributed by atoms with Crippen molar-refractivity contribution in [3.05, 3.63) is 0 Å². The molecular formula is C38H52O26. The zero-order valence-electron chi connectivity index (χ0n) is 36.4. The molecule has 3 fully saturated rings. The summed E-state index contributed by atoms with van der Waals surface area (Å²) in [5, 5.41) is 11.4. The molecule has 0 bridgehead atoms. The maximum atomic E-state index is 12.9.